The maximum atomic E-state index is 13.2. The Morgan fingerprint density at radius 2 is 2.29 bits per heavy atom. The van der Waals surface area contributed by atoms with Gasteiger partial charge in [0.2, 0.25) is 0 Å². The van der Waals surface area contributed by atoms with E-state index in [2.05, 4.69) is 4.98 Å². The monoisotopic (exact) mass is 348 g/mol. The lowest BCUT2D eigenvalue weighted by atomic mass is 10.2. The lowest BCUT2D eigenvalue weighted by molar-refractivity contribution is 0.172. The van der Waals surface area contributed by atoms with Crippen LogP contribution < -0.4 is 5.56 Å². The minimum absolute atomic E-state index is 0.148. The van der Waals surface area contributed by atoms with E-state index in [0.717, 1.165) is 0 Å². The normalized spacial score (nSPS) is 12.9. The Balaban J connectivity index is 2.71. The molecular weight excluding hydrogens is 338 g/mol. The Morgan fingerprint density at radius 1 is 1.59 bits per heavy atom. The molecule has 0 radical (unpaired) electrons. The van der Waals surface area contributed by atoms with Gasteiger partial charge in [-0.05, 0) is 41.6 Å². The Morgan fingerprint density at radius 3 is 2.94 bits per heavy atom. The van der Waals surface area contributed by atoms with Crippen LogP contribution in [0.15, 0.2) is 23.3 Å². The molecule has 0 bridgehead atoms. The zero-order chi connectivity index (χ0) is 12.6. The first kappa shape index (κ1) is 12.4. The van der Waals surface area contributed by atoms with Crippen LogP contribution in [0.25, 0.3) is 10.9 Å². The predicted octanol–water partition coefficient (Wildman–Crippen LogP) is 1.52. The Labute approximate surface area is 110 Å². The lowest BCUT2D eigenvalue weighted by Crippen LogP contribution is -2.25. The lowest BCUT2D eigenvalue weighted by Gasteiger charge is -2.09. The quantitative estimate of drug-likeness (QED) is 0.838. The van der Waals surface area contributed by atoms with Crippen LogP contribution in [-0.4, -0.2) is 20.8 Å². The summed E-state index contributed by atoms with van der Waals surface area (Å²) in [4.78, 5) is 16.1. The van der Waals surface area contributed by atoms with Crippen LogP contribution in [0.4, 0.5) is 4.39 Å². The highest BCUT2D eigenvalue weighted by Gasteiger charge is 2.10. The van der Waals surface area contributed by atoms with E-state index in [1.54, 1.807) is 6.92 Å². The smallest absolute Gasteiger partial charge is 0.261 e. The molecule has 6 heteroatoms. The molecular formula is C11H10FIN2O2. The molecule has 0 saturated carbocycles. The minimum Gasteiger partial charge on any atom is -0.392 e. The van der Waals surface area contributed by atoms with E-state index in [0.29, 0.717) is 9.09 Å². The number of aliphatic hydroxyl groups is 1. The van der Waals surface area contributed by atoms with Gasteiger partial charge in [-0.1, -0.05) is 0 Å². The van der Waals surface area contributed by atoms with E-state index < -0.39 is 11.9 Å². The van der Waals surface area contributed by atoms with Crippen molar-refractivity contribution >= 4 is 33.5 Å². The van der Waals surface area contributed by atoms with Crippen molar-refractivity contribution in [3.05, 3.63) is 38.2 Å². The molecule has 1 unspecified atom stereocenters. The predicted molar refractivity (Wildman–Crippen MR) is 70.4 cm³/mol. The highest BCUT2D eigenvalue weighted by molar-refractivity contribution is 14.1. The molecule has 4 nitrogen and oxygen atoms in total. The number of hydrogen-bond donors (Lipinski definition) is 1. The van der Waals surface area contributed by atoms with Crippen molar-refractivity contribution in [3.63, 3.8) is 0 Å². The second-order valence-electron chi connectivity index (χ2n) is 3.83. The van der Waals surface area contributed by atoms with E-state index in [9.17, 15) is 14.3 Å². The van der Waals surface area contributed by atoms with Crippen LogP contribution in [-0.2, 0) is 6.54 Å². The van der Waals surface area contributed by atoms with Crippen molar-refractivity contribution < 1.29 is 9.50 Å². The van der Waals surface area contributed by atoms with Crippen molar-refractivity contribution in [1.29, 1.82) is 0 Å². The van der Waals surface area contributed by atoms with Crippen molar-refractivity contribution in [3.8, 4) is 0 Å². The van der Waals surface area contributed by atoms with Gasteiger partial charge in [-0.2, -0.15) is 0 Å². The Kier molecular flexibility index (Phi) is 3.43. The molecule has 1 N–H and O–H groups in total. The van der Waals surface area contributed by atoms with E-state index in [4.69, 9.17) is 0 Å². The number of hydrogen-bond acceptors (Lipinski definition) is 3. The van der Waals surface area contributed by atoms with Crippen molar-refractivity contribution in [2.45, 2.75) is 19.6 Å². The number of rotatable bonds is 2. The molecule has 0 aliphatic rings. The zero-order valence-corrected chi connectivity index (χ0v) is 11.2. The molecule has 0 aliphatic carbocycles. The van der Waals surface area contributed by atoms with Crippen LogP contribution >= 0.6 is 22.6 Å². The van der Waals surface area contributed by atoms with Crippen molar-refractivity contribution in [2.24, 2.45) is 0 Å². The van der Waals surface area contributed by atoms with Gasteiger partial charge in [0.05, 0.1) is 29.9 Å². The number of benzene rings is 1. The van der Waals surface area contributed by atoms with Crippen LogP contribution in [0.2, 0.25) is 0 Å². The summed E-state index contributed by atoms with van der Waals surface area (Å²) in [5, 5.41) is 9.48. The van der Waals surface area contributed by atoms with Gasteiger partial charge in [0.15, 0.2) is 0 Å². The number of fused-ring (bicyclic) bond motifs is 1. The molecule has 0 amide bonds. The molecule has 1 heterocycles. The Bertz CT molecular complexity index is 625. The fourth-order valence-corrected chi connectivity index (χ4v) is 2.34. The SMILES string of the molecule is CC(O)Cn1cnc2c(I)cc(F)cc2c1=O. The second kappa shape index (κ2) is 4.69. The van der Waals surface area contributed by atoms with Crippen LogP contribution in [0, 0.1) is 9.39 Å². The molecule has 90 valence electrons. The van der Waals surface area contributed by atoms with Crippen molar-refractivity contribution in [1.82, 2.24) is 9.55 Å². The highest BCUT2D eigenvalue weighted by atomic mass is 127. The number of aromatic nitrogens is 2. The molecule has 2 rings (SSSR count). The molecule has 1 atom stereocenters. The van der Waals surface area contributed by atoms with Crippen molar-refractivity contribution in [2.75, 3.05) is 0 Å². The summed E-state index contributed by atoms with van der Waals surface area (Å²) in [5.74, 6) is -0.462. The van der Waals surface area contributed by atoms with Gasteiger partial charge in [0.25, 0.3) is 5.56 Å². The summed E-state index contributed by atoms with van der Waals surface area (Å²) in [6.07, 6.45) is 0.719. The zero-order valence-electron chi connectivity index (χ0n) is 9.02. The van der Waals surface area contributed by atoms with Crippen LogP contribution in [0.3, 0.4) is 0 Å². The molecule has 1 aromatic carbocycles. The molecule has 1 aromatic heterocycles. The van der Waals surface area contributed by atoms with Gasteiger partial charge in [-0.25, -0.2) is 9.37 Å². The molecule has 2 aromatic rings. The molecule has 0 spiro atoms. The molecule has 0 fully saturated rings. The number of halogens is 2. The standard InChI is InChI=1S/C11H10FIN2O2/c1-6(16)4-15-5-14-10-8(11(15)17)2-7(12)3-9(10)13/h2-3,5-6,16H,4H2,1H3. The second-order valence-corrected chi connectivity index (χ2v) is 5.00. The Hall–Kier alpha value is -1.02. The first-order valence-electron chi connectivity index (χ1n) is 5.01. The first-order valence-corrected chi connectivity index (χ1v) is 6.09. The maximum Gasteiger partial charge on any atom is 0.261 e. The largest absolute Gasteiger partial charge is 0.392 e. The molecule has 17 heavy (non-hydrogen) atoms. The van der Waals surface area contributed by atoms with Crippen LogP contribution in [0.5, 0.6) is 0 Å². The summed E-state index contributed by atoms with van der Waals surface area (Å²) in [6.45, 7) is 1.72. The summed E-state index contributed by atoms with van der Waals surface area (Å²) >= 11 is 1.94. The average molecular weight is 348 g/mol. The van der Waals surface area contributed by atoms with Gasteiger partial charge >= 0.3 is 0 Å². The van der Waals surface area contributed by atoms with E-state index in [1.807, 2.05) is 22.6 Å². The highest BCUT2D eigenvalue weighted by Crippen LogP contribution is 2.17. The van der Waals surface area contributed by atoms with Gasteiger partial charge in [-0.3, -0.25) is 9.36 Å². The molecule has 0 aliphatic heterocycles. The summed E-state index contributed by atoms with van der Waals surface area (Å²) < 4.78 is 15.1. The maximum absolute atomic E-state index is 13.2. The molecule has 0 saturated heterocycles. The fourth-order valence-electron chi connectivity index (χ4n) is 1.61. The first-order chi connectivity index (χ1) is 7.99. The summed E-state index contributed by atoms with van der Waals surface area (Å²) in [7, 11) is 0. The topological polar surface area (TPSA) is 55.1 Å². The summed E-state index contributed by atoms with van der Waals surface area (Å²) in [6, 6.07) is 2.50. The minimum atomic E-state index is -0.653. The third-order valence-electron chi connectivity index (χ3n) is 2.31. The van der Waals surface area contributed by atoms with Crippen LogP contribution in [0.1, 0.15) is 6.92 Å². The van der Waals surface area contributed by atoms with Gasteiger partial charge in [-0.15, -0.1) is 0 Å². The average Bonchev–Trinajstić information content (AvgIpc) is 2.22. The third kappa shape index (κ3) is 2.47. The summed E-state index contributed by atoms with van der Waals surface area (Å²) in [5.41, 5.74) is 0.146. The third-order valence-corrected chi connectivity index (χ3v) is 3.13. The number of aliphatic hydroxyl groups excluding tert-OH is 1. The van der Waals surface area contributed by atoms with Gasteiger partial charge < -0.3 is 5.11 Å². The van der Waals surface area contributed by atoms with Gasteiger partial charge in [0, 0.05) is 3.57 Å². The van der Waals surface area contributed by atoms with Gasteiger partial charge in [0.1, 0.15) is 5.82 Å². The van der Waals surface area contributed by atoms with E-state index in [-0.39, 0.29) is 17.5 Å². The van der Waals surface area contributed by atoms with E-state index >= 15 is 0 Å². The van der Waals surface area contributed by atoms with E-state index in [1.165, 1.54) is 23.0 Å². The fraction of sp³-hybridized carbons (Fsp3) is 0.273. The number of nitrogens with zero attached hydrogens (tertiary/aromatic N) is 2.